The predicted octanol–water partition coefficient (Wildman–Crippen LogP) is 1.92. The summed E-state index contributed by atoms with van der Waals surface area (Å²) in [6.45, 7) is 6.09. The van der Waals surface area contributed by atoms with Crippen molar-refractivity contribution in [3.05, 3.63) is 42.5 Å². The van der Waals surface area contributed by atoms with Crippen LogP contribution < -0.4 is 10.1 Å². The average molecular weight is 339 g/mol. The quantitative estimate of drug-likeness (QED) is 0.903. The first-order valence-corrected chi connectivity index (χ1v) is 8.49. The minimum Gasteiger partial charge on any atom is -0.492 e. The Bertz CT molecular complexity index is 813. The van der Waals surface area contributed by atoms with Gasteiger partial charge in [-0.3, -0.25) is 10.1 Å². The van der Waals surface area contributed by atoms with Crippen LogP contribution in [0.15, 0.2) is 41.9 Å². The molecule has 25 heavy (non-hydrogen) atoms. The fourth-order valence-electron chi connectivity index (χ4n) is 3.33. The zero-order valence-electron chi connectivity index (χ0n) is 14.3. The van der Waals surface area contributed by atoms with Gasteiger partial charge in [-0.25, -0.2) is 9.98 Å². The average Bonchev–Trinajstić information content (AvgIpc) is 3.19. The topological polar surface area (TPSA) is 71.7 Å². The number of ether oxygens (including phenoxy) is 1. The van der Waals surface area contributed by atoms with Crippen LogP contribution in [0.5, 0.6) is 5.75 Å². The molecule has 0 bridgehead atoms. The molecule has 130 valence electrons. The number of hydrogen-bond donors (Lipinski definition) is 1. The lowest BCUT2D eigenvalue weighted by Gasteiger charge is -2.29. The van der Waals surface area contributed by atoms with Crippen molar-refractivity contribution in [3.63, 3.8) is 0 Å². The molecule has 1 aromatic heterocycles. The van der Waals surface area contributed by atoms with Crippen molar-refractivity contribution in [1.29, 1.82) is 0 Å². The summed E-state index contributed by atoms with van der Waals surface area (Å²) >= 11 is 0. The first-order chi connectivity index (χ1) is 12.1. The van der Waals surface area contributed by atoms with E-state index in [2.05, 4.69) is 29.1 Å². The van der Waals surface area contributed by atoms with Gasteiger partial charge < -0.3 is 14.2 Å². The Morgan fingerprint density at radius 1 is 1.40 bits per heavy atom. The number of fused-ring (bicyclic) bond motifs is 2. The number of aromatic nitrogens is 2. The van der Waals surface area contributed by atoms with Crippen LogP contribution in [0.2, 0.25) is 0 Å². The largest absolute Gasteiger partial charge is 0.492 e. The van der Waals surface area contributed by atoms with Gasteiger partial charge in [-0.15, -0.1) is 0 Å². The summed E-state index contributed by atoms with van der Waals surface area (Å²) in [4.78, 5) is 22.8. The molecule has 0 saturated carbocycles. The fraction of sp³-hybridized carbons (Fsp3) is 0.389. The summed E-state index contributed by atoms with van der Waals surface area (Å²) < 4.78 is 7.83. The van der Waals surface area contributed by atoms with E-state index in [4.69, 9.17) is 4.74 Å². The predicted molar refractivity (Wildman–Crippen MR) is 93.6 cm³/mol. The monoisotopic (exact) mass is 339 g/mol. The molecular weight excluding hydrogens is 318 g/mol. The van der Waals surface area contributed by atoms with Crippen LogP contribution in [0.4, 0.5) is 5.69 Å². The van der Waals surface area contributed by atoms with Crippen LogP contribution in [0, 0.1) is 5.92 Å². The number of benzene rings is 1. The van der Waals surface area contributed by atoms with Crippen LogP contribution in [-0.2, 0) is 17.9 Å². The third kappa shape index (κ3) is 2.97. The number of nitrogens with zero attached hydrogens (tertiary/aromatic N) is 4. The van der Waals surface area contributed by atoms with Crippen LogP contribution >= 0.6 is 0 Å². The number of guanidine groups is 1. The van der Waals surface area contributed by atoms with Crippen molar-refractivity contribution < 1.29 is 9.53 Å². The van der Waals surface area contributed by atoms with Gasteiger partial charge in [-0.2, -0.15) is 0 Å². The minimum absolute atomic E-state index is 0.0263. The molecule has 2 aliphatic heterocycles. The Hall–Kier alpha value is -2.83. The van der Waals surface area contributed by atoms with Crippen LogP contribution in [-0.4, -0.2) is 39.0 Å². The molecule has 0 aliphatic carbocycles. The maximum Gasteiger partial charge on any atom is 0.249 e. The van der Waals surface area contributed by atoms with Crippen molar-refractivity contribution in [3.8, 4) is 5.75 Å². The van der Waals surface area contributed by atoms with E-state index in [1.54, 1.807) is 12.5 Å². The maximum atomic E-state index is 12.2. The summed E-state index contributed by atoms with van der Waals surface area (Å²) in [5.41, 5.74) is 1.96. The van der Waals surface area contributed by atoms with Crippen molar-refractivity contribution in [2.45, 2.75) is 33.0 Å². The highest BCUT2D eigenvalue weighted by Gasteiger charge is 2.40. The third-order valence-electron chi connectivity index (χ3n) is 4.54. The first-order valence-electron chi connectivity index (χ1n) is 8.49. The van der Waals surface area contributed by atoms with E-state index >= 15 is 0 Å². The molecule has 1 N–H and O–H groups in total. The number of amides is 1. The molecular formula is C18H21N5O2. The van der Waals surface area contributed by atoms with Gasteiger partial charge in [-0.05, 0) is 24.1 Å². The SMILES string of the molecule is CC(C)C1C(=O)NC2=Nc3ccc(OCCn4ccnc4)cc3CN21. The summed E-state index contributed by atoms with van der Waals surface area (Å²) in [5.74, 6) is 1.73. The molecule has 7 heteroatoms. The van der Waals surface area contributed by atoms with Crippen LogP contribution in [0.1, 0.15) is 19.4 Å². The summed E-state index contributed by atoms with van der Waals surface area (Å²) in [7, 11) is 0. The van der Waals surface area contributed by atoms with E-state index in [1.807, 2.05) is 33.9 Å². The van der Waals surface area contributed by atoms with Gasteiger partial charge >= 0.3 is 0 Å². The fourth-order valence-corrected chi connectivity index (χ4v) is 3.33. The lowest BCUT2D eigenvalue weighted by Crippen LogP contribution is -2.39. The smallest absolute Gasteiger partial charge is 0.249 e. The zero-order valence-corrected chi connectivity index (χ0v) is 14.3. The van der Waals surface area contributed by atoms with E-state index in [0.29, 0.717) is 19.1 Å². The number of nitrogens with one attached hydrogen (secondary N) is 1. The van der Waals surface area contributed by atoms with Gasteiger partial charge in [0.25, 0.3) is 0 Å². The maximum absolute atomic E-state index is 12.2. The number of aliphatic imine (C=N–C) groups is 1. The molecule has 1 fully saturated rings. The second-order valence-electron chi connectivity index (χ2n) is 6.68. The van der Waals surface area contributed by atoms with Gasteiger partial charge in [-0.1, -0.05) is 13.8 Å². The van der Waals surface area contributed by atoms with E-state index < -0.39 is 0 Å². The van der Waals surface area contributed by atoms with E-state index in [1.165, 1.54) is 0 Å². The Labute approximate surface area is 146 Å². The summed E-state index contributed by atoms with van der Waals surface area (Å²) in [5, 5.41) is 2.89. The Balaban J connectivity index is 1.48. The van der Waals surface area contributed by atoms with E-state index in [-0.39, 0.29) is 17.9 Å². The van der Waals surface area contributed by atoms with Gasteiger partial charge in [0.2, 0.25) is 11.9 Å². The highest BCUT2D eigenvalue weighted by atomic mass is 16.5. The highest BCUT2D eigenvalue weighted by Crippen LogP contribution is 2.33. The third-order valence-corrected chi connectivity index (χ3v) is 4.54. The zero-order chi connectivity index (χ0) is 17.4. The van der Waals surface area contributed by atoms with Gasteiger partial charge in [0.05, 0.1) is 18.6 Å². The molecule has 1 aromatic carbocycles. The first kappa shape index (κ1) is 15.7. The molecule has 1 amide bonds. The Morgan fingerprint density at radius 3 is 3.04 bits per heavy atom. The van der Waals surface area contributed by atoms with Crippen molar-refractivity contribution in [2.75, 3.05) is 6.61 Å². The number of carbonyl (C=O) groups is 1. The van der Waals surface area contributed by atoms with E-state index in [0.717, 1.165) is 23.5 Å². The normalized spacial score (nSPS) is 18.7. The molecule has 2 aromatic rings. The second kappa shape index (κ2) is 6.23. The minimum atomic E-state index is -0.169. The molecule has 7 nitrogen and oxygen atoms in total. The lowest BCUT2D eigenvalue weighted by atomic mass is 10.0. The van der Waals surface area contributed by atoms with Crippen molar-refractivity contribution in [2.24, 2.45) is 10.9 Å². The molecule has 2 aliphatic rings. The van der Waals surface area contributed by atoms with Crippen molar-refractivity contribution in [1.82, 2.24) is 19.8 Å². The summed E-state index contributed by atoms with van der Waals surface area (Å²) in [6.07, 6.45) is 5.44. The van der Waals surface area contributed by atoms with Crippen molar-refractivity contribution >= 4 is 17.6 Å². The highest BCUT2D eigenvalue weighted by molar-refractivity contribution is 6.07. The van der Waals surface area contributed by atoms with Gasteiger partial charge in [0.15, 0.2) is 0 Å². The van der Waals surface area contributed by atoms with Crippen LogP contribution in [0.3, 0.4) is 0 Å². The number of imidazole rings is 1. The number of rotatable bonds is 5. The second-order valence-corrected chi connectivity index (χ2v) is 6.68. The lowest BCUT2D eigenvalue weighted by molar-refractivity contribution is -0.122. The molecule has 3 heterocycles. The molecule has 0 spiro atoms. The van der Waals surface area contributed by atoms with Crippen LogP contribution in [0.25, 0.3) is 0 Å². The molecule has 1 unspecified atom stereocenters. The summed E-state index contributed by atoms with van der Waals surface area (Å²) in [6, 6.07) is 5.71. The van der Waals surface area contributed by atoms with E-state index in [9.17, 15) is 4.79 Å². The number of hydrogen-bond acceptors (Lipinski definition) is 5. The number of carbonyl (C=O) groups excluding carboxylic acids is 1. The standard InChI is InChI=1S/C18H21N5O2/c1-12(2)16-17(24)21-18-20-15-4-3-14(9-13(15)10-23(16)18)25-8-7-22-6-5-19-11-22/h3-6,9,11-12,16H,7-8,10H2,1-2H3,(H,20,21,24). The molecule has 4 rings (SSSR count). The Morgan fingerprint density at radius 2 is 2.28 bits per heavy atom. The molecule has 0 radical (unpaired) electrons. The van der Waals surface area contributed by atoms with Gasteiger partial charge in [0.1, 0.15) is 18.4 Å². The molecule has 1 atom stereocenters. The molecule has 1 saturated heterocycles. The Kier molecular flexibility index (Phi) is 3.91. The van der Waals surface area contributed by atoms with Gasteiger partial charge in [0, 0.05) is 24.5 Å².